The number of allylic oxidation sites excluding steroid dienone is 1. The molecule has 0 unspecified atom stereocenters. The van der Waals surface area contributed by atoms with Crippen molar-refractivity contribution in [2.45, 2.75) is 90.0 Å². The molecule has 3 rings (SSSR count). The van der Waals surface area contributed by atoms with Gasteiger partial charge in [-0.1, -0.05) is 63.5 Å². The molecule has 2 nitrogen and oxygen atoms in total. The maximum Gasteiger partial charge on any atom is 0.252 e. The highest BCUT2D eigenvalue weighted by atomic mass is 16.1. The van der Waals surface area contributed by atoms with E-state index in [2.05, 4.69) is 49.5 Å². The topological polar surface area (TPSA) is 29.1 Å². The van der Waals surface area contributed by atoms with Gasteiger partial charge in [-0.15, -0.1) is 0 Å². The van der Waals surface area contributed by atoms with Gasteiger partial charge >= 0.3 is 0 Å². The van der Waals surface area contributed by atoms with E-state index in [-0.39, 0.29) is 5.91 Å². The van der Waals surface area contributed by atoms with Crippen molar-refractivity contribution in [2.24, 2.45) is 5.92 Å². The monoisotopic (exact) mass is 353 g/mol. The van der Waals surface area contributed by atoms with Crippen molar-refractivity contribution < 1.29 is 4.79 Å². The molecule has 2 saturated carbocycles. The van der Waals surface area contributed by atoms with Gasteiger partial charge in [-0.2, -0.15) is 0 Å². The van der Waals surface area contributed by atoms with Crippen LogP contribution in [-0.2, 0) is 6.42 Å². The molecule has 142 valence electrons. The van der Waals surface area contributed by atoms with E-state index in [4.69, 9.17) is 0 Å². The second-order valence-corrected chi connectivity index (χ2v) is 8.11. The Bertz CT molecular complexity index is 629. The molecule has 2 fully saturated rings. The Balaban J connectivity index is 1.65. The first-order chi connectivity index (χ1) is 12.7. The van der Waals surface area contributed by atoms with Crippen molar-refractivity contribution in [3.63, 3.8) is 0 Å². The third-order valence-corrected chi connectivity index (χ3v) is 6.05. The summed E-state index contributed by atoms with van der Waals surface area (Å²) < 4.78 is 0. The Labute approximate surface area is 159 Å². The predicted molar refractivity (Wildman–Crippen MR) is 110 cm³/mol. The van der Waals surface area contributed by atoms with E-state index in [9.17, 15) is 4.79 Å². The van der Waals surface area contributed by atoms with Crippen LogP contribution in [0.1, 0.15) is 99.0 Å². The second-order valence-electron chi connectivity index (χ2n) is 8.11. The second kappa shape index (κ2) is 9.39. The van der Waals surface area contributed by atoms with Crippen LogP contribution in [-0.4, -0.2) is 11.9 Å². The number of benzene rings is 1. The summed E-state index contributed by atoms with van der Waals surface area (Å²) in [6.07, 6.45) is 16.7. The van der Waals surface area contributed by atoms with Gasteiger partial charge in [0.25, 0.3) is 5.91 Å². The lowest BCUT2D eigenvalue weighted by Crippen LogP contribution is -2.37. The molecular formula is C24H35NO. The summed E-state index contributed by atoms with van der Waals surface area (Å²) in [4.78, 5) is 13.2. The Hall–Kier alpha value is -1.57. The van der Waals surface area contributed by atoms with Crippen molar-refractivity contribution in [1.82, 2.24) is 5.32 Å². The van der Waals surface area contributed by atoms with Gasteiger partial charge in [0, 0.05) is 11.6 Å². The summed E-state index contributed by atoms with van der Waals surface area (Å²) >= 11 is 0. The zero-order valence-electron chi connectivity index (χ0n) is 16.6. The lowest BCUT2D eigenvalue weighted by atomic mass is 9.94. The van der Waals surface area contributed by atoms with Crippen molar-refractivity contribution in [2.75, 3.05) is 0 Å². The molecule has 0 heterocycles. The summed E-state index contributed by atoms with van der Waals surface area (Å²) in [6, 6.07) is 6.73. The number of hydrogen-bond donors (Lipinski definition) is 1. The van der Waals surface area contributed by atoms with E-state index < -0.39 is 0 Å². The Morgan fingerprint density at radius 1 is 1.15 bits per heavy atom. The number of carbonyl (C=O) groups is 1. The third-order valence-electron chi connectivity index (χ3n) is 6.05. The zero-order valence-corrected chi connectivity index (χ0v) is 16.6. The highest BCUT2D eigenvalue weighted by Gasteiger charge is 2.32. The number of unbranched alkanes of at least 4 members (excludes halogenated alkanes) is 3. The molecule has 0 spiro atoms. The first kappa shape index (κ1) is 19.2. The maximum absolute atomic E-state index is 13.2. The van der Waals surface area contributed by atoms with Gasteiger partial charge in [-0.3, -0.25) is 4.79 Å². The summed E-state index contributed by atoms with van der Waals surface area (Å²) in [5.74, 6) is 1.29. The molecule has 1 N–H and O–H groups in total. The van der Waals surface area contributed by atoms with Crippen LogP contribution in [0, 0.1) is 5.92 Å². The molecule has 1 aromatic rings. The molecule has 1 aromatic carbocycles. The molecule has 2 atom stereocenters. The standard InChI is InChI=1S/C24H35NO/c1-3-5-6-7-8-11-20-13-10-15-22(20)25-24(26)23-18(4-2)12-9-14-21(23)19-16-17-19/h8-9,11-12,14,19-20,22H,3-7,10,13,15-17H2,1-2H3,(H,25,26)/b11-8-/t20-,22+/m1/s1. The van der Waals surface area contributed by atoms with E-state index in [0.717, 1.165) is 18.4 Å². The molecule has 0 bridgehead atoms. The quantitative estimate of drug-likeness (QED) is 0.418. The first-order valence-corrected chi connectivity index (χ1v) is 10.8. The van der Waals surface area contributed by atoms with Gasteiger partial charge < -0.3 is 5.32 Å². The highest BCUT2D eigenvalue weighted by Crippen LogP contribution is 2.42. The molecule has 0 radical (unpaired) electrons. The SMILES string of the molecule is CCCCC/C=C\[C@@H]1CCC[C@@H]1NC(=O)c1c(CC)cccc1C1CC1. The first-order valence-electron chi connectivity index (χ1n) is 10.8. The Morgan fingerprint density at radius 2 is 2.00 bits per heavy atom. The average Bonchev–Trinajstić information content (AvgIpc) is 3.42. The molecule has 1 amide bonds. The van der Waals surface area contributed by atoms with Crippen molar-refractivity contribution in [3.8, 4) is 0 Å². The minimum Gasteiger partial charge on any atom is -0.349 e. The molecule has 2 aliphatic carbocycles. The minimum atomic E-state index is 0.167. The molecule has 0 aromatic heterocycles. The Kier molecular flexibility index (Phi) is 6.93. The van der Waals surface area contributed by atoms with Gasteiger partial charge in [0.15, 0.2) is 0 Å². The number of aryl methyl sites for hydroxylation is 1. The van der Waals surface area contributed by atoms with E-state index in [0.29, 0.717) is 17.9 Å². The van der Waals surface area contributed by atoms with Crippen LogP contribution in [0.15, 0.2) is 30.4 Å². The van der Waals surface area contributed by atoms with Crippen LogP contribution in [0.4, 0.5) is 0 Å². The number of nitrogens with one attached hydrogen (secondary N) is 1. The molecule has 2 heteroatoms. The lowest BCUT2D eigenvalue weighted by Gasteiger charge is -2.21. The van der Waals surface area contributed by atoms with Crippen molar-refractivity contribution in [1.29, 1.82) is 0 Å². The highest BCUT2D eigenvalue weighted by molar-refractivity contribution is 5.97. The summed E-state index contributed by atoms with van der Waals surface area (Å²) in [5, 5.41) is 3.40. The van der Waals surface area contributed by atoms with E-state index >= 15 is 0 Å². The number of amides is 1. The summed E-state index contributed by atoms with van der Waals surface area (Å²) in [6.45, 7) is 4.40. The molecular weight excluding hydrogens is 318 g/mol. The molecule has 2 aliphatic rings. The van der Waals surface area contributed by atoms with Crippen molar-refractivity contribution in [3.05, 3.63) is 47.0 Å². The van der Waals surface area contributed by atoms with Crippen LogP contribution in [0.25, 0.3) is 0 Å². The van der Waals surface area contributed by atoms with E-state index in [1.165, 1.54) is 62.5 Å². The number of hydrogen-bond acceptors (Lipinski definition) is 1. The predicted octanol–water partition coefficient (Wildman–Crippen LogP) is 6.16. The van der Waals surface area contributed by atoms with Crippen LogP contribution in [0.5, 0.6) is 0 Å². The van der Waals surface area contributed by atoms with Crippen LogP contribution in [0.3, 0.4) is 0 Å². The van der Waals surface area contributed by atoms with Crippen molar-refractivity contribution >= 4 is 5.91 Å². The van der Waals surface area contributed by atoms with Crippen LogP contribution >= 0.6 is 0 Å². The van der Waals surface area contributed by atoms with Gasteiger partial charge in [-0.25, -0.2) is 0 Å². The van der Waals surface area contributed by atoms with E-state index in [1.807, 2.05) is 0 Å². The van der Waals surface area contributed by atoms with Crippen LogP contribution < -0.4 is 5.32 Å². The van der Waals surface area contributed by atoms with Gasteiger partial charge in [-0.05, 0) is 67.9 Å². The van der Waals surface area contributed by atoms with Gasteiger partial charge in [0.05, 0.1) is 0 Å². The fourth-order valence-electron chi connectivity index (χ4n) is 4.35. The molecule has 0 saturated heterocycles. The smallest absolute Gasteiger partial charge is 0.252 e. The average molecular weight is 354 g/mol. The third kappa shape index (κ3) is 4.78. The fourth-order valence-corrected chi connectivity index (χ4v) is 4.35. The fraction of sp³-hybridized carbons (Fsp3) is 0.625. The molecule has 26 heavy (non-hydrogen) atoms. The zero-order chi connectivity index (χ0) is 18.4. The molecule has 0 aliphatic heterocycles. The summed E-state index contributed by atoms with van der Waals surface area (Å²) in [5.41, 5.74) is 3.47. The minimum absolute atomic E-state index is 0.167. The summed E-state index contributed by atoms with van der Waals surface area (Å²) in [7, 11) is 0. The normalized spacial score (nSPS) is 22.8. The number of carbonyl (C=O) groups excluding carboxylic acids is 1. The largest absolute Gasteiger partial charge is 0.349 e. The Morgan fingerprint density at radius 3 is 2.73 bits per heavy atom. The number of rotatable bonds is 9. The van der Waals surface area contributed by atoms with Gasteiger partial charge in [0.1, 0.15) is 0 Å². The lowest BCUT2D eigenvalue weighted by molar-refractivity contribution is 0.0930. The van der Waals surface area contributed by atoms with E-state index in [1.54, 1.807) is 0 Å². The van der Waals surface area contributed by atoms with Crippen LogP contribution in [0.2, 0.25) is 0 Å². The maximum atomic E-state index is 13.2. The van der Waals surface area contributed by atoms with Gasteiger partial charge in [0.2, 0.25) is 0 Å².